The highest BCUT2D eigenvalue weighted by molar-refractivity contribution is 7.89. The number of fused-ring (bicyclic) bond motifs is 1. The van der Waals surface area contributed by atoms with Crippen molar-refractivity contribution in [2.75, 3.05) is 26.0 Å². The molecule has 158 valence electrons. The van der Waals surface area contributed by atoms with Gasteiger partial charge in [0, 0.05) is 49.6 Å². The summed E-state index contributed by atoms with van der Waals surface area (Å²) in [6.45, 7) is 7.77. The van der Waals surface area contributed by atoms with E-state index in [1.165, 1.54) is 25.1 Å². The summed E-state index contributed by atoms with van der Waals surface area (Å²) in [5.74, 6) is -0.483. The molecular weight excluding hydrogens is 402 g/mol. The third-order valence-electron chi connectivity index (χ3n) is 5.30. The molecule has 1 aliphatic rings. The fraction of sp³-hybridized carbons (Fsp3) is 0.273. The maximum absolute atomic E-state index is 12.6. The summed E-state index contributed by atoms with van der Waals surface area (Å²) < 4.78 is 26.1. The molecule has 1 heterocycles. The van der Waals surface area contributed by atoms with E-state index in [0.717, 1.165) is 21.0 Å². The van der Waals surface area contributed by atoms with Crippen molar-refractivity contribution in [3.8, 4) is 0 Å². The van der Waals surface area contributed by atoms with Crippen LogP contribution >= 0.6 is 0 Å². The molecule has 7 nitrogen and oxygen atoms in total. The standard InChI is InChI=1S/C22H25N3O4S/c1-14-12-17(30(28,29)24(4)5)13-20(15(14)2)23-21(26)10-11-25-16(3)18-8-6-7-9-19(18)22(25)27/h6-9,12-13H,3,10-11H2,1-2,4-5H3,(H,23,26). The molecule has 0 fully saturated rings. The van der Waals surface area contributed by atoms with Crippen molar-refractivity contribution >= 4 is 33.2 Å². The van der Waals surface area contributed by atoms with Crippen LogP contribution in [0.1, 0.15) is 33.5 Å². The highest BCUT2D eigenvalue weighted by atomic mass is 32.2. The first-order chi connectivity index (χ1) is 14.0. The van der Waals surface area contributed by atoms with Gasteiger partial charge in [0.2, 0.25) is 15.9 Å². The second-order valence-corrected chi connectivity index (χ2v) is 9.60. The first-order valence-electron chi connectivity index (χ1n) is 9.48. The molecule has 2 amide bonds. The number of carbonyl (C=O) groups is 2. The van der Waals surface area contributed by atoms with Gasteiger partial charge in [0.15, 0.2) is 0 Å². The van der Waals surface area contributed by atoms with Crippen LogP contribution in [0.4, 0.5) is 5.69 Å². The first-order valence-corrected chi connectivity index (χ1v) is 10.9. The lowest BCUT2D eigenvalue weighted by Crippen LogP contribution is -2.27. The Morgan fingerprint density at radius 2 is 1.77 bits per heavy atom. The van der Waals surface area contributed by atoms with E-state index < -0.39 is 10.0 Å². The Hall–Kier alpha value is -2.97. The van der Waals surface area contributed by atoms with E-state index >= 15 is 0 Å². The molecule has 2 aromatic carbocycles. The summed E-state index contributed by atoms with van der Waals surface area (Å²) in [5, 5.41) is 2.79. The number of carbonyl (C=O) groups excluding carboxylic acids is 2. The normalized spacial score (nSPS) is 13.7. The van der Waals surface area contributed by atoms with Crippen LogP contribution in [0, 0.1) is 13.8 Å². The maximum atomic E-state index is 12.6. The van der Waals surface area contributed by atoms with Crippen LogP contribution in [-0.4, -0.2) is 50.1 Å². The molecule has 0 aliphatic carbocycles. The Morgan fingerprint density at radius 3 is 2.37 bits per heavy atom. The van der Waals surface area contributed by atoms with Gasteiger partial charge in [0.25, 0.3) is 5.91 Å². The number of amides is 2. The molecule has 0 radical (unpaired) electrons. The molecule has 30 heavy (non-hydrogen) atoms. The van der Waals surface area contributed by atoms with Crippen LogP contribution in [-0.2, 0) is 14.8 Å². The summed E-state index contributed by atoms with van der Waals surface area (Å²) in [7, 11) is -0.709. The van der Waals surface area contributed by atoms with Crippen molar-refractivity contribution in [3.63, 3.8) is 0 Å². The van der Waals surface area contributed by atoms with Gasteiger partial charge in [-0.15, -0.1) is 0 Å². The molecule has 0 aromatic heterocycles. The van der Waals surface area contributed by atoms with Gasteiger partial charge in [-0.3, -0.25) is 9.59 Å². The lowest BCUT2D eigenvalue weighted by atomic mass is 10.1. The SMILES string of the molecule is C=C1c2ccccc2C(=O)N1CCC(=O)Nc1cc(S(=O)(=O)N(C)C)cc(C)c1C. The molecule has 0 spiro atoms. The third kappa shape index (κ3) is 3.88. The van der Waals surface area contributed by atoms with Crippen molar-refractivity contribution < 1.29 is 18.0 Å². The number of nitrogens with zero attached hydrogens (tertiary/aromatic N) is 2. The van der Waals surface area contributed by atoms with Crippen LogP contribution in [0.2, 0.25) is 0 Å². The molecular formula is C22H25N3O4S. The van der Waals surface area contributed by atoms with Crippen molar-refractivity contribution in [2.45, 2.75) is 25.2 Å². The average Bonchev–Trinajstić information content (AvgIpc) is 2.94. The van der Waals surface area contributed by atoms with Gasteiger partial charge in [-0.05, 0) is 43.2 Å². The van der Waals surface area contributed by atoms with E-state index in [2.05, 4.69) is 11.9 Å². The number of rotatable bonds is 6. The molecule has 0 saturated carbocycles. The van der Waals surface area contributed by atoms with E-state index in [9.17, 15) is 18.0 Å². The second kappa shape index (κ2) is 8.04. The molecule has 0 saturated heterocycles. The van der Waals surface area contributed by atoms with Crippen molar-refractivity contribution in [2.24, 2.45) is 0 Å². The number of sulfonamides is 1. The zero-order valence-electron chi connectivity index (χ0n) is 17.5. The monoisotopic (exact) mass is 427 g/mol. The second-order valence-electron chi connectivity index (χ2n) is 7.45. The molecule has 8 heteroatoms. The fourth-order valence-electron chi connectivity index (χ4n) is 3.31. The number of benzene rings is 2. The maximum Gasteiger partial charge on any atom is 0.258 e. The fourth-order valence-corrected chi connectivity index (χ4v) is 4.33. The average molecular weight is 428 g/mol. The van der Waals surface area contributed by atoms with Crippen molar-refractivity contribution in [1.29, 1.82) is 0 Å². The van der Waals surface area contributed by atoms with Crippen LogP contribution in [0.3, 0.4) is 0 Å². The Balaban J connectivity index is 1.74. The zero-order valence-corrected chi connectivity index (χ0v) is 18.3. The number of nitrogens with one attached hydrogen (secondary N) is 1. The summed E-state index contributed by atoms with van der Waals surface area (Å²) >= 11 is 0. The number of anilines is 1. The van der Waals surface area contributed by atoms with Crippen molar-refractivity contribution in [3.05, 3.63) is 65.2 Å². The molecule has 0 unspecified atom stereocenters. The predicted molar refractivity (Wildman–Crippen MR) is 117 cm³/mol. The minimum absolute atomic E-state index is 0.0574. The smallest absolute Gasteiger partial charge is 0.258 e. The van der Waals surface area contributed by atoms with Crippen molar-refractivity contribution in [1.82, 2.24) is 9.21 Å². The molecule has 1 N–H and O–H groups in total. The molecule has 2 aromatic rings. The summed E-state index contributed by atoms with van der Waals surface area (Å²) in [6.07, 6.45) is 0.0574. The van der Waals surface area contributed by atoms with Crippen LogP contribution < -0.4 is 5.32 Å². The van der Waals surface area contributed by atoms with Crippen LogP contribution in [0.15, 0.2) is 47.9 Å². The minimum atomic E-state index is -3.63. The Bertz CT molecular complexity index is 1120. The van der Waals surface area contributed by atoms with Gasteiger partial charge in [-0.2, -0.15) is 0 Å². The van der Waals surface area contributed by atoms with E-state index in [1.807, 2.05) is 19.1 Å². The Morgan fingerprint density at radius 1 is 1.13 bits per heavy atom. The van der Waals surface area contributed by atoms with E-state index in [0.29, 0.717) is 16.9 Å². The summed E-state index contributed by atoms with van der Waals surface area (Å²) in [5.41, 5.74) is 3.92. The largest absolute Gasteiger partial charge is 0.326 e. The number of hydrogen-bond donors (Lipinski definition) is 1. The van der Waals surface area contributed by atoms with Gasteiger partial charge in [-0.1, -0.05) is 24.8 Å². The van der Waals surface area contributed by atoms with Crippen LogP contribution in [0.25, 0.3) is 5.70 Å². The van der Waals surface area contributed by atoms with E-state index in [-0.39, 0.29) is 29.7 Å². The van der Waals surface area contributed by atoms with Gasteiger partial charge in [-0.25, -0.2) is 12.7 Å². The third-order valence-corrected chi connectivity index (χ3v) is 7.09. The molecule has 1 aliphatic heterocycles. The van der Waals surface area contributed by atoms with Gasteiger partial charge < -0.3 is 10.2 Å². The van der Waals surface area contributed by atoms with E-state index in [4.69, 9.17) is 0 Å². The molecule has 3 rings (SSSR count). The first kappa shape index (κ1) is 21.7. The summed E-state index contributed by atoms with van der Waals surface area (Å²) in [4.78, 5) is 26.7. The zero-order chi connectivity index (χ0) is 22.2. The highest BCUT2D eigenvalue weighted by Gasteiger charge is 2.30. The topological polar surface area (TPSA) is 86.8 Å². The number of aryl methyl sites for hydroxylation is 1. The predicted octanol–water partition coefficient (Wildman–Crippen LogP) is 3.01. The van der Waals surface area contributed by atoms with Gasteiger partial charge >= 0.3 is 0 Å². The molecule has 0 bridgehead atoms. The van der Waals surface area contributed by atoms with Gasteiger partial charge in [0.1, 0.15) is 0 Å². The van der Waals surface area contributed by atoms with Gasteiger partial charge in [0.05, 0.1) is 4.90 Å². The quantitative estimate of drug-likeness (QED) is 0.768. The Labute approximate surface area is 177 Å². The Kier molecular flexibility index (Phi) is 5.83. The lowest BCUT2D eigenvalue weighted by molar-refractivity contribution is -0.116. The van der Waals surface area contributed by atoms with E-state index in [1.54, 1.807) is 25.1 Å². The van der Waals surface area contributed by atoms with Crippen LogP contribution in [0.5, 0.6) is 0 Å². The summed E-state index contributed by atoms with van der Waals surface area (Å²) in [6, 6.07) is 10.3. The molecule has 0 atom stereocenters. The highest BCUT2D eigenvalue weighted by Crippen LogP contribution is 2.31. The number of hydrogen-bond acceptors (Lipinski definition) is 4. The lowest BCUT2D eigenvalue weighted by Gasteiger charge is -2.18. The minimum Gasteiger partial charge on any atom is -0.326 e.